The fourth-order valence-corrected chi connectivity index (χ4v) is 9.00. The Labute approximate surface area is 297 Å². The number of rotatable bonds is 4. The van der Waals surface area contributed by atoms with E-state index in [2.05, 4.69) is 173 Å². The number of fused-ring (bicyclic) bond motifs is 10. The van der Waals surface area contributed by atoms with E-state index in [-0.39, 0.29) is 0 Å². The van der Waals surface area contributed by atoms with Crippen molar-refractivity contribution in [3.8, 4) is 34.2 Å². The van der Waals surface area contributed by atoms with Crippen molar-refractivity contribution >= 4 is 75.1 Å². The molecule has 11 rings (SSSR count). The van der Waals surface area contributed by atoms with Crippen LogP contribution in [0.2, 0.25) is 0 Å². The highest BCUT2D eigenvalue weighted by atomic mass is 32.1. The van der Waals surface area contributed by atoms with Gasteiger partial charge in [0, 0.05) is 58.5 Å². The topological polar surface area (TPSA) is 35.6 Å². The van der Waals surface area contributed by atoms with E-state index in [0.29, 0.717) is 5.95 Å². The lowest BCUT2D eigenvalue weighted by molar-refractivity contribution is 0.996. The number of para-hydroxylation sites is 3. The highest BCUT2D eigenvalue weighted by molar-refractivity contribution is 7.25. The minimum Gasteiger partial charge on any atom is -0.309 e. The molecule has 0 N–H and O–H groups in total. The smallest absolute Gasteiger partial charge is 0.235 e. The van der Waals surface area contributed by atoms with E-state index in [1.165, 1.54) is 52.8 Å². The fraction of sp³-hybridized carbons (Fsp3) is 0. The Kier molecular flexibility index (Phi) is 6.09. The summed E-state index contributed by atoms with van der Waals surface area (Å²) in [6.07, 6.45) is 0. The van der Waals surface area contributed by atoms with E-state index in [9.17, 15) is 0 Å². The quantitative estimate of drug-likeness (QED) is 0.187. The second-order valence-electron chi connectivity index (χ2n) is 13.0. The Hall–Kier alpha value is -6.56. The molecule has 51 heavy (non-hydrogen) atoms. The normalized spacial score (nSPS) is 11.9. The van der Waals surface area contributed by atoms with Gasteiger partial charge in [0.1, 0.15) is 0 Å². The molecule has 0 aliphatic carbocycles. The maximum atomic E-state index is 5.39. The Balaban J connectivity index is 1.23. The van der Waals surface area contributed by atoms with E-state index in [4.69, 9.17) is 9.97 Å². The molecule has 7 aromatic carbocycles. The van der Waals surface area contributed by atoms with Crippen molar-refractivity contribution in [2.45, 2.75) is 0 Å². The molecule has 0 spiro atoms. The molecule has 0 aliphatic heterocycles. The first-order chi connectivity index (χ1) is 25.3. The van der Waals surface area contributed by atoms with Crippen LogP contribution in [0.25, 0.3) is 97.9 Å². The van der Waals surface area contributed by atoms with Gasteiger partial charge in [0.15, 0.2) is 0 Å². The third kappa shape index (κ3) is 4.25. The van der Waals surface area contributed by atoms with E-state index >= 15 is 0 Å². The Morgan fingerprint density at radius 3 is 1.65 bits per heavy atom. The predicted octanol–water partition coefficient (Wildman–Crippen LogP) is 12.4. The van der Waals surface area contributed by atoms with Gasteiger partial charge in [-0.1, -0.05) is 109 Å². The summed E-state index contributed by atoms with van der Waals surface area (Å²) in [5.74, 6) is 0.652. The summed E-state index contributed by atoms with van der Waals surface area (Å²) in [7, 11) is 0. The molecule has 0 saturated heterocycles. The molecule has 4 aromatic heterocycles. The third-order valence-corrected chi connectivity index (χ3v) is 11.3. The van der Waals surface area contributed by atoms with Gasteiger partial charge in [0.05, 0.1) is 33.5 Å². The lowest BCUT2D eigenvalue weighted by Gasteiger charge is -2.12. The average Bonchev–Trinajstić information content (AvgIpc) is 3.85. The van der Waals surface area contributed by atoms with Crippen LogP contribution in [0, 0.1) is 0 Å². The Morgan fingerprint density at radius 1 is 0.373 bits per heavy atom. The zero-order valence-corrected chi connectivity index (χ0v) is 28.2. The second-order valence-corrected chi connectivity index (χ2v) is 14.1. The highest BCUT2D eigenvalue weighted by Crippen LogP contribution is 2.43. The first-order valence-electron chi connectivity index (χ1n) is 17.2. The summed E-state index contributed by atoms with van der Waals surface area (Å²) in [6, 6.07) is 60.5. The SMILES string of the molecule is c1ccc(-c2cc(-c3ccc4sc5ccccc5c4c3)nc(-n3c4ccccc4c4c5c6ccccc6n(-c6ccccc6)c5ccc43)n2)cc1. The summed E-state index contributed by atoms with van der Waals surface area (Å²) in [4.78, 5) is 10.7. The van der Waals surface area contributed by atoms with Crippen molar-refractivity contribution in [1.29, 1.82) is 0 Å². The summed E-state index contributed by atoms with van der Waals surface area (Å²) in [5.41, 5.74) is 9.56. The van der Waals surface area contributed by atoms with Gasteiger partial charge in [0.25, 0.3) is 0 Å². The van der Waals surface area contributed by atoms with Crippen LogP contribution in [0.5, 0.6) is 0 Å². The van der Waals surface area contributed by atoms with Crippen LogP contribution >= 0.6 is 11.3 Å². The molecule has 11 aromatic rings. The Bertz CT molecular complexity index is 3130. The number of hydrogen-bond acceptors (Lipinski definition) is 3. The maximum Gasteiger partial charge on any atom is 0.235 e. The number of nitrogens with zero attached hydrogens (tertiary/aromatic N) is 4. The maximum absolute atomic E-state index is 5.39. The van der Waals surface area contributed by atoms with Gasteiger partial charge in [-0.2, -0.15) is 0 Å². The number of benzene rings is 7. The monoisotopic (exact) mass is 668 g/mol. The molecule has 0 unspecified atom stereocenters. The van der Waals surface area contributed by atoms with Gasteiger partial charge in [-0.05, 0) is 60.7 Å². The molecule has 0 fully saturated rings. The highest BCUT2D eigenvalue weighted by Gasteiger charge is 2.22. The van der Waals surface area contributed by atoms with Gasteiger partial charge >= 0.3 is 0 Å². The van der Waals surface area contributed by atoms with Gasteiger partial charge < -0.3 is 4.57 Å². The standard InChI is InChI=1S/C46H28N4S/c1-3-13-29(14-4-1)36-28-37(30-23-26-43-35(27-30)32-17-9-12-22-42(32)51-43)48-46(47-36)50-39-21-11-8-19-34(39)45-41(50)25-24-40-44(45)33-18-7-10-20-38(33)49(40)31-15-5-2-6-16-31/h1-28H. The van der Waals surface area contributed by atoms with E-state index in [1.54, 1.807) is 0 Å². The minimum atomic E-state index is 0.652. The molecular formula is C46H28N4S. The Morgan fingerprint density at radius 2 is 0.922 bits per heavy atom. The molecule has 0 saturated carbocycles. The number of aromatic nitrogens is 4. The zero-order chi connectivity index (χ0) is 33.5. The molecule has 0 aliphatic rings. The average molecular weight is 669 g/mol. The fourth-order valence-electron chi connectivity index (χ4n) is 7.91. The summed E-state index contributed by atoms with van der Waals surface area (Å²) >= 11 is 1.83. The molecule has 238 valence electrons. The van der Waals surface area contributed by atoms with Crippen LogP contribution in [-0.2, 0) is 0 Å². The molecule has 5 heteroatoms. The molecule has 0 amide bonds. The van der Waals surface area contributed by atoms with Crippen LogP contribution in [0.15, 0.2) is 170 Å². The zero-order valence-electron chi connectivity index (χ0n) is 27.4. The first-order valence-corrected chi connectivity index (χ1v) is 18.0. The molecule has 4 nitrogen and oxygen atoms in total. The third-order valence-electron chi connectivity index (χ3n) is 10.1. The second kappa shape index (κ2) is 11.0. The van der Waals surface area contributed by atoms with Crippen molar-refractivity contribution in [2.24, 2.45) is 0 Å². The summed E-state index contributed by atoms with van der Waals surface area (Å²) in [6.45, 7) is 0. The van der Waals surface area contributed by atoms with Gasteiger partial charge in [-0.3, -0.25) is 4.57 Å². The summed E-state index contributed by atoms with van der Waals surface area (Å²) < 4.78 is 7.21. The molecule has 0 bridgehead atoms. The van der Waals surface area contributed by atoms with Crippen LogP contribution in [0.1, 0.15) is 0 Å². The van der Waals surface area contributed by atoms with E-state index < -0.39 is 0 Å². The van der Waals surface area contributed by atoms with Crippen LogP contribution in [-0.4, -0.2) is 19.1 Å². The lowest BCUT2D eigenvalue weighted by Crippen LogP contribution is -2.04. The molecule has 0 radical (unpaired) electrons. The summed E-state index contributed by atoms with van der Waals surface area (Å²) in [5, 5.41) is 7.37. The largest absolute Gasteiger partial charge is 0.309 e. The molecule has 0 atom stereocenters. The van der Waals surface area contributed by atoms with Crippen LogP contribution in [0.3, 0.4) is 0 Å². The van der Waals surface area contributed by atoms with Crippen molar-refractivity contribution in [2.75, 3.05) is 0 Å². The number of thiophene rings is 1. The predicted molar refractivity (Wildman–Crippen MR) is 214 cm³/mol. The number of hydrogen-bond donors (Lipinski definition) is 0. The van der Waals surface area contributed by atoms with Crippen molar-refractivity contribution in [3.05, 3.63) is 170 Å². The van der Waals surface area contributed by atoms with E-state index in [0.717, 1.165) is 39.2 Å². The van der Waals surface area contributed by atoms with Gasteiger partial charge in [-0.15, -0.1) is 11.3 Å². The van der Waals surface area contributed by atoms with Crippen molar-refractivity contribution < 1.29 is 0 Å². The van der Waals surface area contributed by atoms with Crippen LogP contribution in [0.4, 0.5) is 0 Å². The van der Waals surface area contributed by atoms with Gasteiger partial charge in [0.2, 0.25) is 5.95 Å². The van der Waals surface area contributed by atoms with Crippen molar-refractivity contribution in [3.63, 3.8) is 0 Å². The molecule has 4 heterocycles. The van der Waals surface area contributed by atoms with E-state index in [1.807, 2.05) is 17.4 Å². The lowest BCUT2D eigenvalue weighted by atomic mass is 10.0. The van der Waals surface area contributed by atoms with Crippen molar-refractivity contribution in [1.82, 2.24) is 19.1 Å². The minimum absolute atomic E-state index is 0.652. The first kappa shape index (κ1) is 28.3. The van der Waals surface area contributed by atoms with Gasteiger partial charge in [-0.25, -0.2) is 9.97 Å². The van der Waals surface area contributed by atoms with Crippen LogP contribution < -0.4 is 0 Å². The molecular weight excluding hydrogens is 641 g/mol.